The number of hydrogen-bond acceptors (Lipinski definition) is 2. The summed E-state index contributed by atoms with van der Waals surface area (Å²) in [7, 11) is 0. The van der Waals surface area contributed by atoms with Crippen molar-refractivity contribution < 1.29 is 0 Å². The van der Waals surface area contributed by atoms with Gasteiger partial charge in [-0.25, -0.2) is 0 Å². The molecule has 1 aromatic heterocycles. The summed E-state index contributed by atoms with van der Waals surface area (Å²) in [4.78, 5) is 4.06. The average molecular weight is 218 g/mol. The highest BCUT2D eigenvalue weighted by Gasteiger charge is 2.22. The van der Waals surface area contributed by atoms with E-state index in [9.17, 15) is 0 Å². The molecule has 1 aliphatic carbocycles. The summed E-state index contributed by atoms with van der Waals surface area (Å²) >= 11 is 0. The minimum Gasteiger partial charge on any atom is -0.307 e. The van der Waals surface area contributed by atoms with Crippen molar-refractivity contribution in [2.75, 3.05) is 0 Å². The Labute approximate surface area is 98.5 Å². The Morgan fingerprint density at radius 1 is 1.25 bits per heavy atom. The molecule has 16 heavy (non-hydrogen) atoms. The first-order valence-corrected chi connectivity index (χ1v) is 6.43. The zero-order chi connectivity index (χ0) is 11.4. The van der Waals surface area contributed by atoms with Crippen LogP contribution in [0.15, 0.2) is 24.5 Å². The third kappa shape index (κ3) is 2.82. The molecule has 1 fully saturated rings. The molecule has 1 heterocycles. The third-order valence-electron chi connectivity index (χ3n) is 3.78. The molecular formula is C14H22N2. The molecule has 0 amide bonds. The lowest BCUT2D eigenvalue weighted by Gasteiger charge is -2.32. The van der Waals surface area contributed by atoms with Crippen molar-refractivity contribution in [3.63, 3.8) is 0 Å². The second kappa shape index (κ2) is 5.44. The normalized spacial score (nSPS) is 27.6. The van der Waals surface area contributed by atoms with Crippen LogP contribution in [-0.4, -0.2) is 11.0 Å². The molecule has 1 aliphatic rings. The van der Waals surface area contributed by atoms with Crippen molar-refractivity contribution >= 4 is 0 Å². The van der Waals surface area contributed by atoms with E-state index in [0.29, 0.717) is 12.1 Å². The fraction of sp³-hybridized carbons (Fsp3) is 0.643. The minimum atomic E-state index is 0.438. The maximum Gasteiger partial charge on any atom is 0.0295 e. The lowest BCUT2D eigenvalue weighted by Crippen LogP contribution is -2.38. The van der Waals surface area contributed by atoms with Crippen LogP contribution in [0.4, 0.5) is 0 Å². The average Bonchev–Trinajstić information content (AvgIpc) is 2.33. The molecule has 2 unspecified atom stereocenters. The van der Waals surface area contributed by atoms with Gasteiger partial charge in [-0.15, -0.1) is 0 Å². The number of nitrogens with zero attached hydrogens (tertiary/aromatic N) is 1. The van der Waals surface area contributed by atoms with E-state index in [0.717, 1.165) is 5.92 Å². The van der Waals surface area contributed by atoms with Crippen LogP contribution in [0.5, 0.6) is 0 Å². The first-order chi connectivity index (χ1) is 7.77. The monoisotopic (exact) mass is 218 g/mol. The van der Waals surface area contributed by atoms with Gasteiger partial charge in [-0.2, -0.15) is 0 Å². The van der Waals surface area contributed by atoms with Crippen molar-refractivity contribution in [3.05, 3.63) is 30.1 Å². The van der Waals surface area contributed by atoms with Crippen LogP contribution < -0.4 is 5.32 Å². The van der Waals surface area contributed by atoms with Gasteiger partial charge in [0.1, 0.15) is 0 Å². The van der Waals surface area contributed by atoms with Crippen molar-refractivity contribution in [3.8, 4) is 0 Å². The molecule has 1 aromatic rings. The van der Waals surface area contributed by atoms with Crippen LogP contribution >= 0.6 is 0 Å². The van der Waals surface area contributed by atoms with Crippen molar-refractivity contribution in [2.45, 2.75) is 51.6 Å². The second-order valence-corrected chi connectivity index (χ2v) is 5.04. The van der Waals surface area contributed by atoms with Gasteiger partial charge in [0.05, 0.1) is 0 Å². The predicted molar refractivity (Wildman–Crippen MR) is 67.2 cm³/mol. The minimum absolute atomic E-state index is 0.438. The Balaban J connectivity index is 1.94. The maximum absolute atomic E-state index is 4.06. The third-order valence-corrected chi connectivity index (χ3v) is 3.78. The Bertz CT molecular complexity index is 310. The Kier molecular flexibility index (Phi) is 3.94. The summed E-state index contributed by atoms with van der Waals surface area (Å²) < 4.78 is 0. The summed E-state index contributed by atoms with van der Waals surface area (Å²) in [5, 5.41) is 3.76. The molecule has 2 rings (SSSR count). The molecule has 0 saturated heterocycles. The molecule has 1 saturated carbocycles. The van der Waals surface area contributed by atoms with Gasteiger partial charge in [0.2, 0.25) is 0 Å². The van der Waals surface area contributed by atoms with Gasteiger partial charge in [0.25, 0.3) is 0 Å². The topological polar surface area (TPSA) is 24.9 Å². The Morgan fingerprint density at radius 3 is 2.62 bits per heavy atom. The van der Waals surface area contributed by atoms with Crippen LogP contribution in [0.2, 0.25) is 0 Å². The van der Waals surface area contributed by atoms with Gasteiger partial charge in [-0.3, -0.25) is 4.98 Å². The molecule has 0 spiro atoms. The van der Waals surface area contributed by atoms with E-state index in [1.165, 1.54) is 31.2 Å². The molecule has 0 aliphatic heterocycles. The highest BCUT2D eigenvalue weighted by atomic mass is 15.0. The summed E-state index contributed by atoms with van der Waals surface area (Å²) in [6.07, 6.45) is 9.24. The summed E-state index contributed by atoms with van der Waals surface area (Å²) in [5.74, 6) is 0.818. The first-order valence-electron chi connectivity index (χ1n) is 6.43. The van der Waals surface area contributed by atoms with E-state index in [-0.39, 0.29) is 0 Å². The largest absolute Gasteiger partial charge is 0.307 e. The number of hydrogen-bond donors (Lipinski definition) is 1. The molecule has 2 heteroatoms. The SMILES string of the molecule is CC1CCCCC1N[C@@H](C)c1ccncc1. The molecule has 1 N–H and O–H groups in total. The van der Waals surface area contributed by atoms with E-state index >= 15 is 0 Å². The highest BCUT2D eigenvalue weighted by molar-refractivity contribution is 5.14. The zero-order valence-corrected chi connectivity index (χ0v) is 10.3. The number of nitrogens with one attached hydrogen (secondary N) is 1. The smallest absolute Gasteiger partial charge is 0.0295 e. The van der Waals surface area contributed by atoms with Crippen LogP contribution in [0.3, 0.4) is 0 Å². The number of pyridine rings is 1. The predicted octanol–water partition coefficient (Wildman–Crippen LogP) is 3.31. The Hall–Kier alpha value is -0.890. The van der Waals surface area contributed by atoms with Crippen LogP contribution in [0, 0.1) is 5.92 Å². The van der Waals surface area contributed by atoms with E-state index in [2.05, 4.69) is 36.3 Å². The van der Waals surface area contributed by atoms with Gasteiger partial charge in [-0.1, -0.05) is 19.8 Å². The zero-order valence-electron chi connectivity index (χ0n) is 10.3. The van der Waals surface area contributed by atoms with Crippen molar-refractivity contribution in [1.29, 1.82) is 0 Å². The molecular weight excluding hydrogens is 196 g/mol. The summed E-state index contributed by atoms with van der Waals surface area (Å²) in [5.41, 5.74) is 1.34. The van der Waals surface area contributed by atoms with Gasteiger partial charge in [0, 0.05) is 24.5 Å². The molecule has 0 radical (unpaired) electrons. The van der Waals surface area contributed by atoms with Crippen LogP contribution in [0.25, 0.3) is 0 Å². The molecule has 3 atom stereocenters. The van der Waals surface area contributed by atoms with E-state index in [1.807, 2.05) is 12.4 Å². The lowest BCUT2D eigenvalue weighted by atomic mass is 9.85. The van der Waals surface area contributed by atoms with E-state index in [4.69, 9.17) is 0 Å². The van der Waals surface area contributed by atoms with Gasteiger partial charge >= 0.3 is 0 Å². The van der Waals surface area contributed by atoms with Crippen molar-refractivity contribution in [2.24, 2.45) is 5.92 Å². The molecule has 0 aromatic carbocycles. The van der Waals surface area contributed by atoms with Gasteiger partial charge < -0.3 is 5.32 Å². The highest BCUT2D eigenvalue weighted by Crippen LogP contribution is 2.26. The Morgan fingerprint density at radius 2 is 1.94 bits per heavy atom. The van der Waals surface area contributed by atoms with Crippen molar-refractivity contribution in [1.82, 2.24) is 10.3 Å². The van der Waals surface area contributed by atoms with Gasteiger partial charge in [-0.05, 0) is 43.4 Å². The van der Waals surface area contributed by atoms with E-state index < -0.39 is 0 Å². The quantitative estimate of drug-likeness (QED) is 0.842. The summed E-state index contributed by atoms with van der Waals surface area (Å²) in [6, 6.07) is 5.33. The van der Waals surface area contributed by atoms with Crippen LogP contribution in [-0.2, 0) is 0 Å². The van der Waals surface area contributed by atoms with E-state index in [1.54, 1.807) is 0 Å². The lowest BCUT2D eigenvalue weighted by molar-refractivity contribution is 0.263. The molecule has 0 bridgehead atoms. The molecule has 2 nitrogen and oxygen atoms in total. The van der Waals surface area contributed by atoms with Crippen LogP contribution in [0.1, 0.15) is 51.1 Å². The second-order valence-electron chi connectivity index (χ2n) is 5.04. The fourth-order valence-corrected chi connectivity index (χ4v) is 2.63. The van der Waals surface area contributed by atoms with Gasteiger partial charge in [0.15, 0.2) is 0 Å². The number of rotatable bonds is 3. The molecule has 88 valence electrons. The number of aromatic nitrogens is 1. The summed E-state index contributed by atoms with van der Waals surface area (Å²) in [6.45, 7) is 4.62. The standard InChI is InChI=1S/C14H22N2/c1-11-5-3-4-6-14(11)16-12(2)13-7-9-15-10-8-13/h7-12,14,16H,3-6H2,1-2H3/t11?,12-,14?/m0/s1. The fourth-order valence-electron chi connectivity index (χ4n) is 2.63. The first kappa shape index (κ1) is 11.6. The maximum atomic E-state index is 4.06.